The van der Waals surface area contributed by atoms with E-state index in [1.807, 2.05) is 36.4 Å². The van der Waals surface area contributed by atoms with E-state index in [4.69, 9.17) is 4.74 Å². The highest BCUT2D eigenvalue weighted by atomic mass is 16.7. The van der Waals surface area contributed by atoms with Gasteiger partial charge in [0.05, 0.1) is 12.0 Å². The van der Waals surface area contributed by atoms with Gasteiger partial charge in [-0.05, 0) is 23.3 Å². The summed E-state index contributed by atoms with van der Waals surface area (Å²) in [5, 5.41) is 20.7. The maximum absolute atomic E-state index is 10.9. The predicted molar refractivity (Wildman–Crippen MR) is 103 cm³/mol. The van der Waals surface area contributed by atoms with Gasteiger partial charge < -0.3 is 14.6 Å². The number of carbonyl (C=O) groups is 1. The Bertz CT molecular complexity index is 823. The summed E-state index contributed by atoms with van der Waals surface area (Å²) in [5.74, 6) is -0.357. The fourth-order valence-corrected chi connectivity index (χ4v) is 2.57. The first-order chi connectivity index (χ1) is 13.5. The molecular weight excluding hydrogens is 364 g/mol. The number of ether oxygens (including phenoxy) is 2. The number of hydrogen-bond donors (Lipinski definition) is 1. The molecule has 148 valence electrons. The first-order valence-electron chi connectivity index (χ1n) is 8.58. The third kappa shape index (κ3) is 6.73. The van der Waals surface area contributed by atoms with Crippen LogP contribution in [0.1, 0.15) is 11.1 Å². The van der Waals surface area contributed by atoms with Crippen molar-refractivity contribution in [1.29, 1.82) is 0 Å². The maximum atomic E-state index is 10.9. The van der Waals surface area contributed by atoms with Crippen LogP contribution in [0, 0.1) is 10.1 Å². The van der Waals surface area contributed by atoms with Crippen LogP contribution in [0.15, 0.2) is 60.7 Å². The molecule has 0 atom stereocenters. The summed E-state index contributed by atoms with van der Waals surface area (Å²) in [4.78, 5) is 23.3. The number of phenolic OH excluding ortho intramolecular Hbond substituents is 1. The van der Waals surface area contributed by atoms with Gasteiger partial charge >= 0.3 is 11.8 Å². The minimum absolute atomic E-state index is 0.101. The van der Waals surface area contributed by atoms with Gasteiger partial charge in [0.2, 0.25) is 0 Å². The van der Waals surface area contributed by atoms with Crippen molar-refractivity contribution in [2.45, 2.75) is 13.1 Å². The van der Waals surface area contributed by atoms with Gasteiger partial charge in [-0.15, -0.1) is 0 Å². The lowest BCUT2D eigenvalue weighted by molar-refractivity contribution is -0.385. The lowest BCUT2D eigenvalue weighted by Gasteiger charge is -2.21. The average molecular weight is 386 g/mol. The van der Waals surface area contributed by atoms with Crippen molar-refractivity contribution in [3.63, 3.8) is 0 Å². The van der Waals surface area contributed by atoms with Crippen molar-refractivity contribution in [1.82, 2.24) is 4.90 Å². The van der Waals surface area contributed by atoms with Gasteiger partial charge in [-0.2, -0.15) is 0 Å². The van der Waals surface area contributed by atoms with E-state index in [1.54, 1.807) is 12.1 Å². The summed E-state index contributed by atoms with van der Waals surface area (Å²) in [6.07, 6.45) is 2.83. The molecule has 28 heavy (non-hydrogen) atoms. The van der Waals surface area contributed by atoms with Crippen molar-refractivity contribution in [3.8, 4) is 5.75 Å². The SMILES string of the molecule is COC(=O)OC/C=C/CN(Cc1ccccc1)Cc1ccc([N+](=O)[O-])c(O)c1. The van der Waals surface area contributed by atoms with Crippen LogP contribution in [-0.2, 0) is 22.6 Å². The Labute approximate surface area is 162 Å². The number of aromatic hydroxyl groups is 1. The lowest BCUT2D eigenvalue weighted by atomic mass is 10.1. The Kier molecular flexibility index (Phi) is 7.98. The van der Waals surface area contributed by atoms with Crippen molar-refractivity contribution in [2.24, 2.45) is 0 Å². The molecular formula is C20H22N2O6. The van der Waals surface area contributed by atoms with Crippen LogP contribution >= 0.6 is 0 Å². The molecule has 0 bridgehead atoms. The summed E-state index contributed by atoms with van der Waals surface area (Å²) >= 11 is 0. The molecule has 0 amide bonds. The number of phenols is 1. The van der Waals surface area contributed by atoms with Crippen molar-refractivity contribution in [3.05, 3.63) is 81.9 Å². The second-order valence-corrected chi connectivity index (χ2v) is 5.97. The molecule has 2 rings (SSSR count). The molecule has 0 aromatic heterocycles. The zero-order chi connectivity index (χ0) is 20.4. The molecule has 0 radical (unpaired) electrons. The van der Waals surface area contributed by atoms with Gasteiger partial charge in [0.1, 0.15) is 6.61 Å². The molecule has 0 aliphatic carbocycles. The molecule has 0 spiro atoms. The molecule has 1 N–H and O–H groups in total. The number of methoxy groups -OCH3 is 1. The van der Waals surface area contributed by atoms with Crippen LogP contribution < -0.4 is 0 Å². The Morgan fingerprint density at radius 2 is 1.86 bits per heavy atom. The Morgan fingerprint density at radius 3 is 2.50 bits per heavy atom. The molecule has 0 saturated carbocycles. The van der Waals surface area contributed by atoms with E-state index in [0.29, 0.717) is 19.6 Å². The third-order valence-corrected chi connectivity index (χ3v) is 3.89. The second-order valence-electron chi connectivity index (χ2n) is 5.97. The number of nitrogens with zero attached hydrogens (tertiary/aromatic N) is 2. The number of nitro groups is 1. The third-order valence-electron chi connectivity index (χ3n) is 3.89. The van der Waals surface area contributed by atoms with E-state index in [2.05, 4.69) is 9.64 Å². The zero-order valence-electron chi connectivity index (χ0n) is 15.5. The highest BCUT2D eigenvalue weighted by Gasteiger charge is 2.14. The summed E-state index contributed by atoms with van der Waals surface area (Å²) < 4.78 is 9.19. The van der Waals surface area contributed by atoms with E-state index in [-0.39, 0.29) is 18.0 Å². The second kappa shape index (κ2) is 10.7. The molecule has 8 nitrogen and oxygen atoms in total. The fraction of sp³-hybridized carbons (Fsp3) is 0.250. The minimum atomic E-state index is -0.743. The van der Waals surface area contributed by atoms with Crippen LogP contribution in [0.2, 0.25) is 0 Å². The standard InChI is InChI=1S/C20H22N2O6/c1-27-20(24)28-12-6-5-11-21(14-16-7-3-2-4-8-16)15-17-9-10-18(22(25)26)19(23)13-17/h2-10,13,23H,11-12,14-15H2,1H3/b6-5+. The highest BCUT2D eigenvalue weighted by Crippen LogP contribution is 2.27. The normalized spacial score (nSPS) is 10.9. The molecule has 0 aliphatic heterocycles. The quantitative estimate of drug-likeness (QED) is 0.304. The molecule has 8 heteroatoms. The smallest absolute Gasteiger partial charge is 0.502 e. The Balaban J connectivity index is 2.05. The van der Waals surface area contributed by atoms with Crippen LogP contribution in [-0.4, -0.2) is 41.3 Å². The van der Waals surface area contributed by atoms with Crippen molar-refractivity contribution in [2.75, 3.05) is 20.3 Å². The molecule has 0 saturated heterocycles. The molecule has 2 aromatic rings. The first kappa shape index (κ1) is 20.9. The largest absolute Gasteiger partial charge is 0.508 e. The van der Waals surface area contributed by atoms with Gasteiger partial charge in [-0.1, -0.05) is 42.5 Å². The van der Waals surface area contributed by atoms with Gasteiger partial charge in [0.15, 0.2) is 5.75 Å². The number of carbonyl (C=O) groups excluding carboxylic acids is 1. The lowest BCUT2D eigenvalue weighted by Crippen LogP contribution is -2.23. The van der Waals surface area contributed by atoms with Gasteiger partial charge in [0, 0.05) is 25.7 Å². The van der Waals surface area contributed by atoms with Gasteiger partial charge in [0.25, 0.3) is 0 Å². The van der Waals surface area contributed by atoms with E-state index >= 15 is 0 Å². The van der Waals surface area contributed by atoms with E-state index in [1.165, 1.54) is 19.2 Å². The van der Waals surface area contributed by atoms with E-state index in [0.717, 1.165) is 11.1 Å². The molecule has 0 aliphatic rings. The minimum Gasteiger partial charge on any atom is -0.502 e. The summed E-state index contributed by atoms with van der Waals surface area (Å²) in [6, 6.07) is 14.2. The van der Waals surface area contributed by atoms with E-state index < -0.39 is 11.1 Å². The molecule has 0 fully saturated rings. The van der Waals surface area contributed by atoms with E-state index in [9.17, 15) is 20.0 Å². The van der Waals surface area contributed by atoms with Crippen LogP contribution in [0.3, 0.4) is 0 Å². The highest BCUT2D eigenvalue weighted by molar-refractivity contribution is 5.59. The monoisotopic (exact) mass is 386 g/mol. The van der Waals surface area contributed by atoms with Gasteiger partial charge in [-0.3, -0.25) is 15.0 Å². The maximum Gasteiger partial charge on any atom is 0.508 e. The van der Waals surface area contributed by atoms with Gasteiger partial charge in [-0.25, -0.2) is 4.79 Å². The van der Waals surface area contributed by atoms with Crippen LogP contribution in [0.5, 0.6) is 5.75 Å². The van der Waals surface area contributed by atoms with Crippen molar-refractivity contribution < 1.29 is 24.3 Å². The van der Waals surface area contributed by atoms with Crippen LogP contribution in [0.25, 0.3) is 0 Å². The summed E-state index contributed by atoms with van der Waals surface area (Å²) in [7, 11) is 1.24. The fourth-order valence-electron chi connectivity index (χ4n) is 2.57. The average Bonchev–Trinajstić information content (AvgIpc) is 2.68. The topological polar surface area (TPSA) is 102 Å². The summed E-state index contributed by atoms with van der Waals surface area (Å²) in [6.45, 7) is 1.77. The summed E-state index contributed by atoms with van der Waals surface area (Å²) in [5.41, 5.74) is 1.53. The zero-order valence-corrected chi connectivity index (χ0v) is 15.5. The molecule has 2 aromatic carbocycles. The van der Waals surface area contributed by atoms with Crippen molar-refractivity contribution >= 4 is 11.8 Å². The number of benzene rings is 2. The number of rotatable bonds is 9. The molecule has 0 unspecified atom stereocenters. The molecule has 0 heterocycles. The number of nitro benzene ring substituents is 1. The number of hydrogen-bond acceptors (Lipinski definition) is 7. The first-order valence-corrected chi connectivity index (χ1v) is 8.58. The Morgan fingerprint density at radius 1 is 1.14 bits per heavy atom. The Hall–Kier alpha value is -3.39. The predicted octanol–water partition coefficient (Wildman–Crippen LogP) is 3.64. The van der Waals surface area contributed by atoms with Crippen LogP contribution in [0.4, 0.5) is 10.5 Å².